The Kier molecular flexibility index (Phi) is 0.417. The van der Waals surface area contributed by atoms with Crippen LogP contribution in [0, 0.1) is 0 Å². The molecule has 11 aliphatic heterocycles. The van der Waals surface area contributed by atoms with Gasteiger partial charge >= 0.3 is 54.5 Å². The molecule has 1 aromatic carbocycles. The summed E-state index contributed by atoms with van der Waals surface area (Å²) >= 11 is 0. The third kappa shape index (κ3) is 0.144. The molecule has 114 valence electrons. The maximum Gasteiger partial charge on any atom is 0.122 e. The molecular weight excluding hydrogens is 324 g/mol. The normalized spacial score (nSPS) is 96.6. The first-order chi connectivity index (χ1) is 10.5. The number of para-hydroxylation sites is 1. The zero-order valence-corrected chi connectivity index (χ0v) is 16.2. The van der Waals surface area contributed by atoms with Crippen LogP contribution in [0.3, 0.4) is 0 Å². The van der Waals surface area contributed by atoms with Crippen molar-refractivity contribution < 1.29 is 11.4 Å². The van der Waals surface area contributed by atoms with Crippen molar-refractivity contribution >= 4 is 10.2 Å². The average molecular weight is 346 g/mol. The van der Waals surface area contributed by atoms with E-state index >= 15 is 0 Å². The zero-order chi connectivity index (χ0) is 13.8. The molecule has 11 aliphatic rings. The fraction of sp³-hybridized carbons (Fsp3) is 0.684. The molecule has 0 aromatic heterocycles. The van der Waals surface area contributed by atoms with Crippen molar-refractivity contribution in [3.8, 4) is 5.75 Å². The van der Waals surface area contributed by atoms with Gasteiger partial charge in [-0.3, -0.25) is 0 Å². The summed E-state index contributed by atoms with van der Waals surface area (Å²) in [6.07, 6.45) is 2.41. The van der Waals surface area contributed by atoms with E-state index in [1.807, 2.05) is 6.07 Å². The van der Waals surface area contributed by atoms with Crippen LogP contribution in [0.1, 0.15) is 12.0 Å². The van der Waals surface area contributed by atoms with Gasteiger partial charge in [0.2, 0.25) is 0 Å². The van der Waals surface area contributed by atoms with E-state index in [4.69, 9.17) is 4.74 Å². The van der Waals surface area contributed by atoms with Crippen molar-refractivity contribution in [2.24, 2.45) is 0 Å². The summed E-state index contributed by atoms with van der Waals surface area (Å²) in [5.74, 6) is 1.11. The van der Waals surface area contributed by atoms with E-state index in [1.54, 1.807) is 47.8 Å². The number of ether oxygens (including phenoxy) is 1. The minimum Gasteiger partial charge on any atom is -0.495 e. The van der Waals surface area contributed by atoms with Gasteiger partial charge in [0.25, 0.3) is 0 Å². The van der Waals surface area contributed by atoms with Crippen LogP contribution in [0.2, 0.25) is 47.8 Å². The smallest absolute Gasteiger partial charge is 0.122 e. The quantitative estimate of drug-likeness (QED) is 0.643. The summed E-state index contributed by atoms with van der Waals surface area (Å²) in [5, 5.41) is 0. The van der Waals surface area contributed by atoms with Gasteiger partial charge in [-0.15, -0.1) is 0 Å². The second-order valence-electron chi connectivity index (χ2n) is 13.8. The molecule has 3 heteroatoms. The van der Waals surface area contributed by atoms with Crippen molar-refractivity contribution in [3.05, 3.63) is 29.8 Å². The Morgan fingerprint density at radius 2 is 1.32 bits per heavy atom. The Morgan fingerprint density at radius 3 is 1.77 bits per heavy atom. The summed E-state index contributed by atoms with van der Waals surface area (Å²) in [4.78, 5) is 0. The fourth-order valence-electron chi connectivity index (χ4n) is 20.0. The molecule has 0 bridgehead atoms. The van der Waals surface area contributed by atoms with Crippen LogP contribution in [0.25, 0.3) is 0 Å². The van der Waals surface area contributed by atoms with E-state index in [0.717, 1.165) is 16.0 Å². The first-order valence-electron chi connectivity index (χ1n) is 9.80. The van der Waals surface area contributed by atoms with Gasteiger partial charge in [-0.1, -0.05) is 18.2 Å². The molecule has 0 saturated carbocycles. The van der Waals surface area contributed by atoms with Crippen LogP contribution in [-0.4, -0.2) is 16.0 Å². The Bertz CT molecular complexity index is 1010. The van der Waals surface area contributed by atoms with Crippen LogP contribution < -0.4 is 4.74 Å². The van der Waals surface area contributed by atoms with Crippen LogP contribution in [0.5, 0.6) is 5.75 Å². The first kappa shape index (κ1) is 9.30. The van der Waals surface area contributed by atoms with Crippen molar-refractivity contribution in [2.75, 3.05) is 0 Å². The first-order valence-corrected chi connectivity index (χ1v) is 18.3. The van der Waals surface area contributed by atoms with Gasteiger partial charge in [-0.2, -0.15) is 0 Å². The molecule has 1 nitrogen and oxygen atoms in total. The number of fused-ring (bicyclic) bond motifs is 11. The Morgan fingerprint density at radius 1 is 0.818 bits per heavy atom. The number of rotatable bonds is 0. The third-order valence-corrected chi connectivity index (χ3v) is 68.0. The summed E-state index contributed by atoms with van der Waals surface area (Å²) in [5.41, 5.74) is 1.91. The van der Waals surface area contributed by atoms with E-state index in [2.05, 4.69) is 18.2 Å². The van der Waals surface area contributed by atoms with Crippen LogP contribution >= 0.6 is 0 Å². The van der Waals surface area contributed by atoms with E-state index in [-0.39, 0.29) is 0 Å². The monoisotopic (exact) mass is 346 g/mol. The largest absolute Gasteiger partial charge is 0.495 e. The minimum absolute atomic E-state index is 0.532. The van der Waals surface area contributed by atoms with Crippen LogP contribution in [-0.2, 0) is 13.1 Å². The molecular formula is C19H22CrOSi. The molecule has 1 spiro atoms. The average Bonchev–Trinajstić information content (AvgIpc) is 3.48. The summed E-state index contributed by atoms with van der Waals surface area (Å²) in [6.45, 7) is -2.46. The molecule has 1 aromatic rings. The topological polar surface area (TPSA) is 9.23 Å². The molecule has 0 aliphatic carbocycles. The van der Waals surface area contributed by atoms with Gasteiger partial charge in [-0.25, -0.2) is 0 Å². The molecule has 0 N–H and O–H groups in total. The van der Waals surface area contributed by atoms with Crippen molar-refractivity contribution in [2.45, 2.75) is 66.4 Å². The molecule has 11 heterocycles. The SMILES string of the molecule is [CH]12[CH]3[CH]4[CH]5[CH]1[Cr]23451678[CH]2[CH]1[CH]6[CH]7[CH]28.[SiH3]C1CCc2ccccc2O1. The number of aryl methyl sites for hydroxylation is 1. The van der Waals surface area contributed by atoms with E-state index in [1.165, 1.54) is 18.4 Å². The van der Waals surface area contributed by atoms with Crippen molar-refractivity contribution in [1.82, 2.24) is 0 Å². The number of hydrogen-bond acceptors (Lipinski definition) is 1. The zero-order valence-electron chi connectivity index (χ0n) is 12.9. The van der Waals surface area contributed by atoms with Crippen molar-refractivity contribution in [3.63, 3.8) is 0 Å². The number of hydrogen-bond donors (Lipinski definition) is 0. The van der Waals surface area contributed by atoms with E-state index in [9.17, 15) is 0 Å². The molecule has 10 saturated heterocycles. The summed E-state index contributed by atoms with van der Waals surface area (Å²) in [7, 11) is 1.15. The van der Waals surface area contributed by atoms with Crippen LogP contribution in [0.4, 0.5) is 0 Å². The van der Waals surface area contributed by atoms with Gasteiger partial charge in [-0.05, 0) is 24.5 Å². The van der Waals surface area contributed by atoms with Gasteiger partial charge in [0.05, 0.1) is 16.0 Å². The molecule has 12 rings (SSSR count). The summed E-state index contributed by atoms with van der Waals surface area (Å²) in [6, 6.07) is 8.34. The summed E-state index contributed by atoms with van der Waals surface area (Å²) < 4.78 is 21.7. The third-order valence-electron chi connectivity index (χ3n) is 18.7. The van der Waals surface area contributed by atoms with E-state index in [0.29, 0.717) is 5.73 Å². The molecule has 22 heavy (non-hydrogen) atoms. The molecule has 0 radical (unpaired) electrons. The molecule has 1 atom stereocenters. The maximum absolute atomic E-state index is 5.69. The second kappa shape index (κ2) is 0.985. The standard InChI is InChI=1S/C9H12OSi.2C5H5.Cr/c11-9-6-5-7-3-1-2-4-8(7)10-9;2*1-2-4-5-3-1;/h1-4,9H,5-6H2,11H3;2*1-5H;. The minimum atomic E-state index is -2.46. The van der Waals surface area contributed by atoms with E-state index < -0.39 is 6.65 Å². The molecule has 1 unspecified atom stereocenters. The van der Waals surface area contributed by atoms with Crippen LogP contribution in [0.15, 0.2) is 24.3 Å². The fourth-order valence-corrected chi connectivity index (χ4v) is 109. The van der Waals surface area contributed by atoms with Gasteiger partial charge in [0.15, 0.2) is 0 Å². The number of benzene rings is 1. The Labute approximate surface area is 123 Å². The Balaban J connectivity index is 0.0000000776. The molecule has 0 amide bonds. The Hall–Kier alpha value is -0.231. The van der Waals surface area contributed by atoms with Crippen molar-refractivity contribution in [1.29, 1.82) is 0 Å². The van der Waals surface area contributed by atoms with Gasteiger partial charge in [0.1, 0.15) is 5.75 Å². The predicted octanol–water partition coefficient (Wildman–Crippen LogP) is 4.08. The second-order valence-corrected chi connectivity index (χ2v) is 42.8. The maximum atomic E-state index is 5.69. The van der Waals surface area contributed by atoms with Gasteiger partial charge < -0.3 is 4.74 Å². The predicted molar refractivity (Wildman–Crippen MR) is 86.6 cm³/mol. The molecule has 10 fully saturated rings. The van der Waals surface area contributed by atoms with Gasteiger partial charge in [0, 0.05) is 0 Å².